The van der Waals surface area contributed by atoms with Crippen LogP contribution in [0.5, 0.6) is 0 Å². The SMILES string of the molecule is CCC1(O)C(=O)Cc2cc(=O)n3c(c21)-c1nc2ccc(Cl)cc2cc1C3. The minimum atomic E-state index is -1.56. The first-order valence-corrected chi connectivity index (χ1v) is 8.92. The maximum Gasteiger partial charge on any atom is 0.251 e. The predicted molar refractivity (Wildman–Crippen MR) is 98.4 cm³/mol. The molecule has 0 fully saturated rings. The van der Waals surface area contributed by atoms with Gasteiger partial charge in [0.15, 0.2) is 5.78 Å². The first-order valence-electron chi connectivity index (χ1n) is 8.55. The lowest BCUT2D eigenvalue weighted by Gasteiger charge is -2.23. The lowest BCUT2D eigenvalue weighted by atomic mass is 9.90. The van der Waals surface area contributed by atoms with E-state index < -0.39 is 5.60 Å². The zero-order chi connectivity index (χ0) is 18.2. The number of Topliss-reactive ketones (excluding diaryl/α,β-unsaturated/α-hetero) is 1. The van der Waals surface area contributed by atoms with Gasteiger partial charge in [0, 0.05) is 34.0 Å². The van der Waals surface area contributed by atoms with E-state index in [2.05, 4.69) is 0 Å². The smallest absolute Gasteiger partial charge is 0.251 e. The second kappa shape index (κ2) is 5.02. The van der Waals surface area contributed by atoms with E-state index in [1.54, 1.807) is 17.6 Å². The Morgan fingerprint density at radius 3 is 2.81 bits per heavy atom. The van der Waals surface area contributed by atoms with Crippen LogP contribution in [0.15, 0.2) is 35.1 Å². The fourth-order valence-corrected chi connectivity index (χ4v) is 4.40. The Morgan fingerprint density at radius 2 is 2.04 bits per heavy atom. The van der Waals surface area contributed by atoms with Gasteiger partial charge in [0.05, 0.1) is 23.4 Å². The Hall–Kier alpha value is -2.50. The lowest BCUT2D eigenvalue weighted by Crippen LogP contribution is -2.32. The fraction of sp³-hybridized carbons (Fsp3) is 0.250. The molecule has 0 saturated carbocycles. The molecule has 1 N–H and O–H groups in total. The summed E-state index contributed by atoms with van der Waals surface area (Å²) in [5, 5.41) is 12.6. The Morgan fingerprint density at radius 1 is 1.23 bits per heavy atom. The third-order valence-electron chi connectivity index (χ3n) is 5.54. The maximum absolute atomic E-state index is 12.6. The van der Waals surface area contributed by atoms with Crippen LogP contribution >= 0.6 is 11.6 Å². The number of nitrogens with zero attached hydrogens (tertiary/aromatic N) is 2. The largest absolute Gasteiger partial charge is 0.377 e. The van der Waals surface area contributed by atoms with E-state index in [-0.39, 0.29) is 24.2 Å². The first-order chi connectivity index (χ1) is 12.4. The van der Waals surface area contributed by atoms with Crippen LogP contribution < -0.4 is 5.56 Å². The highest BCUT2D eigenvalue weighted by molar-refractivity contribution is 6.31. The molecule has 0 radical (unpaired) electrons. The Balaban J connectivity index is 1.88. The second-order valence-corrected chi connectivity index (χ2v) is 7.40. The number of aliphatic hydroxyl groups is 1. The van der Waals surface area contributed by atoms with Crippen LogP contribution in [0.4, 0.5) is 0 Å². The summed E-state index contributed by atoms with van der Waals surface area (Å²) in [6, 6.07) is 8.90. The van der Waals surface area contributed by atoms with Gasteiger partial charge in [-0.3, -0.25) is 9.59 Å². The van der Waals surface area contributed by atoms with Crippen LogP contribution in [0.2, 0.25) is 5.02 Å². The number of fused-ring (bicyclic) bond motifs is 6. The monoisotopic (exact) mass is 366 g/mol. The van der Waals surface area contributed by atoms with E-state index >= 15 is 0 Å². The number of aromatic nitrogens is 2. The predicted octanol–water partition coefficient (Wildman–Crippen LogP) is 2.80. The normalized spacial score (nSPS) is 20.3. The Labute approximate surface area is 153 Å². The van der Waals surface area contributed by atoms with Gasteiger partial charge < -0.3 is 9.67 Å². The molecule has 1 aromatic carbocycles. The summed E-state index contributed by atoms with van der Waals surface area (Å²) in [5.41, 5.74) is 2.32. The van der Waals surface area contributed by atoms with Crippen molar-refractivity contribution in [1.82, 2.24) is 9.55 Å². The van der Waals surface area contributed by atoms with Crippen molar-refractivity contribution in [2.24, 2.45) is 0 Å². The van der Waals surface area contributed by atoms with Crippen molar-refractivity contribution in [2.45, 2.75) is 31.9 Å². The van der Waals surface area contributed by atoms with Crippen molar-refractivity contribution in [3.63, 3.8) is 0 Å². The van der Waals surface area contributed by atoms with Crippen LogP contribution in [0.3, 0.4) is 0 Å². The van der Waals surface area contributed by atoms with Gasteiger partial charge in [-0.05, 0) is 36.2 Å². The molecule has 130 valence electrons. The zero-order valence-corrected chi connectivity index (χ0v) is 14.8. The molecule has 26 heavy (non-hydrogen) atoms. The molecule has 0 saturated heterocycles. The highest BCUT2D eigenvalue weighted by Crippen LogP contribution is 2.45. The van der Waals surface area contributed by atoms with Crippen molar-refractivity contribution in [1.29, 1.82) is 0 Å². The van der Waals surface area contributed by atoms with E-state index in [0.717, 1.165) is 16.5 Å². The van der Waals surface area contributed by atoms with E-state index in [1.165, 1.54) is 6.07 Å². The molecule has 2 aromatic heterocycles. The average molecular weight is 367 g/mol. The quantitative estimate of drug-likeness (QED) is 0.562. The molecule has 0 bridgehead atoms. The number of halogens is 1. The molecular weight excluding hydrogens is 352 g/mol. The molecular formula is C20H15ClN2O3. The van der Waals surface area contributed by atoms with E-state index in [0.29, 0.717) is 34.1 Å². The van der Waals surface area contributed by atoms with Crippen molar-refractivity contribution < 1.29 is 9.90 Å². The van der Waals surface area contributed by atoms with Crippen molar-refractivity contribution in [2.75, 3.05) is 0 Å². The molecule has 5 rings (SSSR count). The third-order valence-corrected chi connectivity index (χ3v) is 5.77. The van der Waals surface area contributed by atoms with E-state index in [4.69, 9.17) is 16.6 Å². The number of benzene rings is 1. The van der Waals surface area contributed by atoms with Crippen LogP contribution in [0.1, 0.15) is 30.0 Å². The van der Waals surface area contributed by atoms with Gasteiger partial charge in [0.2, 0.25) is 0 Å². The van der Waals surface area contributed by atoms with Gasteiger partial charge in [-0.2, -0.15) is 0 Å². The summed E-state index contributed by atoms with van der Waals surface area (Å²) in [5.74, 6) is -0.260. The molecule has 1 atom stereocenters. The van der Waals surface area contributed by atoms with E-state index in [1.807, 2.05) is 18.2 Å². The van der Waals surface area contributed by atoms with Crippen LogP contribution in [-0.4, -0.2) is 20.4 Å². The maximum atomic E-state index is 12.6. The molecule has 1 unspecified atom stereocenters. The van der Waals surface area contributed by atoms with Gasteiger partial charge in [0.1, 0.15) is 5.60 Å². The highest BCUT2D eigenvalue weighted by Gasteiger charge is 2.47. The highest BCUT2D eigenvalue weighted by atomic mass is 35.5. The third kappa shape index (κ3) is 1.87. The van der Waals surface area contributed by atoms with Gasteiger partial charge in [0.25, 0.3) is 5.56 Å². The summed E-state index contributed by atoms with van der Waals surface area (Å²) >= 11 is 6.08. The van der Waals surface area contributed by atoms with Gasteiger partial charge >= 0.3 is 0 Å². The molecule has 0 spiro atoms. The standard InChI is InChI=1S/C20H15ClN2O3/c1-2-20(26)15(24)7-11-8-16(25)23-9-12-5-10-6-13(21)3-4-14(10)22-18(12)19(23)17(11)20/h3-6,8,26H,2,7,9H2,1H3. The summed E-state index contributed by atoms with van der Waals surface area (Å²) in [6.45, 7) is 2.15. The average Bonchev–Trinajstić information content (AvgIpc) is 3.09. The number of hydrogen-bond acceptors (Lipinski definition) is 4. The molecule has 1 aliphatic carbocycles. The molecule has 2 aliphatic rings. The number of carbonyl (C=O) groups excluding carboxylic acids is 1. The summed E-state index contributed by atoms with van der Waals surface area (Å²) in [6.07, 6.45) is 0.351. The Bertz CT molecular complexity index is 1200. The summed E-state index contributed by atoms with van der Waals surface area (Å²) in [4.78, 5) is 29.8. The molecule has 0 amide bonds. The number of pyridine rings is 2. The van der Waals surface area contributed by atoms with Crippen LogP contribution in [0, 0.1) is 0 Å². The summed E-state index contributed by atoms with van der Waals surface area (Å²) in [7, 11) is 0. The van der Waals surface area contributed by atoms with Crippen LogP contribution in [0.25, 0.3) is 22.3 Å². The first kappa shape index (κ1) is 15.7. The molecule has 6 heteroatoms. The molecule has 1 aliphatic heterocycles. The number of hydrogen-bond donors (Lipinski definition) is 1. The second-order valence-electron chi connectivity index (χ2n) is 6.96. The number of carbonyl (C=O) groups is 1. The summed E-state index contributed by atoms with van der Waals surface area (Å²) < 4.78 is 1.61. The van der Waals surface area contributed by atoms with Gasteiger partial charge in [-0.15, -0.1) is 0 Å². The van der Waals surface area contributed by atoms with Crippen molar-refractivity contribution >= 4 is 28.3 Å². The van der Waals surface area contributed by atoms with Crippen molar-refractivity contribution in [3.05, 3.63) is 62.4 Å². The lowest BCUT2D eigenvalue weighted by molar-refractivity contribution is -0.135. The minimum Gasteiger partial charge on any atom is -0.377 e. The zero-order valence-electron chi connectivity index (χ0n) is 14.0. The molecule has 5 nitrogen and oxygen atoms in total. The minimum absolute atomic E-state index is 0.0846. The Kier molecular flexibility index (Phi) is 3.04. The van der Waals surface area contributed by atoms with E-state index in [9.17, 15) is 14.7 Å². The topological polar surface area (TPSA) is 72.2 Å². The fourth-order valence-electron chi connectivity index (χ4n) is 4.22. The molecule has 3 heterocycles. The van der Waals surface area contributed by atoms with Crippen molar-refractivity contribution in [3.8, 4) is 11.4 Å². The van der Waals surface area contributed by atoms with Gasteiger partial charge in [-0.25, -0.2) is 4.98 Å². The van der Waals surface area contributed by atoms with Crippen LogP contribution in [-0.2, 0) is 23.4 Å². The van der Waals surface area contributed by atoms with Gasteiger partial charge in [-0.1, -0.05) is 18.5 Å². The number of rotatable bonds is 1. The molecule has 3 aromatic rings. The number of ketones is 1.